The molecular formula is C15H25NO. The lowest BCUT2D eigenvalue weighted by Crippen LogP contribution is -2.26. The SMILES string of the molecule is CCCNC(C)CCc1ccc(C2CC2C)o1. The van der Waals surface area contributed by atoms with Gasteiger partial charge in [0.1, 0.15) is 11.5 Å². The third kappa shape index (κ3) is 3.60. The predicted octanol–water partition coefficient (Wildman–Crippen LogP) is 3.72. The molecule has 2 heteroatoms. The van der Waals surface area contributed by atoms with Crippen LogP contribution in [0.3, 0.4) is 0 Å². The van der Waals surface area contributed by atoms with Crippen LogP contribution in [-0.4, -0.2) is 12.6 Å². The van der Waals surface area contributed by atoms with Crippen LogP contribution in [0.5, 0.6) is 0 Å². The Morgan fingerprint density at radius 2 is 2.24 bits per heavy atom. The van der Waals surface area contributed by atoms with Gasteiger partial charge in [-0.15, -0.1) is 0 Å². The van der Waals surface area contributed by atoms with Gasteiger partial charge in [-0.25, -0.2) is 0 Å². The number of aryl methyl sites for hydroxylation is 1. The van der Waals surface area contributed by atoms with E-state index in [0.717, 1.165) is 31.1 Å². The standard InChI is InChI=1S/C15H25NO/c1-4-9-16-12(3)5-6-13-7-8-15(17-13)14-10-11(14)2/h7-8,11-12,14,16H,4-6,9-10H2,1-3H3. The van der Waals surface area contributed by atoms with E-state index in [9.17, 15) is 0 Å². The first-order valence-corrected chi connectivity index (χ1v) is 7.02. The fourth-order valence-corrected chi connectivity index (χ4v) is 2.30. The molecule has 0 radical (unpaired) electrons. The smallest absolute Gasteiger partial charge is 0.107 e. The molecule has 2 rings (SSSR count). The third-order valence-corrected chi connectivity index (χ3v) is 3.72. The third-order valence-electron chi connectivity index (χ3n) is 3.72. The fraction of sp³-hybridized carbons (Fsp3) is 0.733. The van der Waals surface area contributed by atoms with Crippen molar-refractivity contribution in [1.29, 1.82) is 0 Å². The Morgan fingerprint density at radius 3 is 2.88 bits per heavy atom. The molecule has 1 aliphatic carbocycles. The number of furan rings is 1. The minimum atomic E-state index is 0.586. The number of hydrogen-bond acceptors (Lipinski definition) is 2. The van der Waals surface area contributed by atoms with Crippen LogP contribution in [0.1, 0.15) is 57.5 Å². The summed E-state index contributed by atoms with van der Waals surface area (Å²) in [6.07, 6.45) is 4.72. The van der Waals surface area contributed by atoms with Gasteiger partial charge >= 0.3 is 0 Å². The second kappa shape index (κ2) is 5.72. The predicted molar refractivity (Wildman–Crippen MR) is 71.3 cm³/mol. The lowest BCUT2D eigenvalue weighted by molar-refractivity contribution is 0.435. The summed E-state index contributed by atoms with van der Waals surface area (Å²) in [7, 11) is 0. The zero-order valence-electron chi connectivity index (χ0n) is 11.3. The molecule has 96 valence electrons. The van der Waals surface area contributed by atoms with Crippen LogP contribution in [0.4, 0.5) is 0 Å². The largest absolute Gasteiger partial charge is 0.466 e. The van der Waals surface area contributed by atoms with Gasteiger partial charge in [0.25, 0.3) is 0 Å². The van der Waals surface area contributed by atoms with Crippen molar-refractivity contribution in [2.24, 2.45) is 5.92 Å². The summed E-state index contributed by atoms with van der Waals surface area (Å²) in [5, 5.41) is 3.51. The van der Waals surface area contributed by atoms with Crippen molar-refractivity contribution in [2.45, 2.75) is 58.4 Å². The number of hydrogen-bond donors (Lipinski definition) is 1. The molecule has 3 unspecified atom stereocenters. The molecule has 1 aliphatic rings. The minimum Gasteiger partial charge on any atom is -0.466 e. The van der Waals surface area contributed by atoms with E-state index >= 15 is 0 Å². The average Bonchev–Trinajstić information content (AvgIpc) is 2.88. The Kier molecular flexibility index (Phi) is 4.27. The summed E-state index contributed by atoms with van der Waals surface area (Å²) >= 11 is 0. The van der Waals surface area contributed by atoms with Crippen molar-refractivity contribution < 1.29 is 4.42 Å². The van der Waals surface area contributed by atoms with Crippen molar-refractivity contribution >= 4 is 0 Å². The molecule has 1 fully saturated rings. The molecule has 0 bridgehead atoms. The average molecular weight is 235 g/mol. The van der Waals surface area contributed by atoms with E-state index in [1.807, 2.05) is 0 Å². The van der Waals surface area contributed by atoms with Crippen LogP contribution in [0.25, 0.3) is 0 Å². The molecule has 1 aromatic heterocycles. The number of rotatable bonds is 7. The molecule has 0 aromatic carbocycles. The van der Waals surface area contributed by atoms with E-state index in [4.69, 9.17) is 4.42 Å². The minimum absolute atomic E-state index is 0.586. The summed E-state index contributed by atoms with van der Waals surface area (Å²) in [4.78, 5) is 0. The fourth-order valence-electron chi connectivity index (χ4n) is 2.30. The van der Waals surface area contributed by atoms with Crippen LogP contribution < -0.4 is 5.32 Å². The molecule has 0 amide bonds. The van der Waals surface area contributed by atoms with Crippen molar-refractivity contribution in [3.05, 3.63) is 23.7 Å². The van der Waals surface area contributed by atoms with E-state index in [-0.39, 0.29) is 0 Å². The quantitative estimate of drug-likeness (QED) is 0.779. The monoisotopic (exact) mass is 235 g/mol. The summed E-state index contributed by atoms with van der Waals surface area (Å²) in [5.74, 6) is 3.91. The molecule has 1 N–H and O–H groups in total. The highest BCUT2D eigenvalue weighted by Gasteiger charge is 2.36. The topological polar surface area (TPSA) is 25.2 Å². The second-order valence-corrected chi connectivity index (χ2v) is 5.52. The zero-order valence-corrected chi connectivity index (χ0v) is 11.3. The Hall–Kier alpha value is -0.760. The zero-order chi connectivity index (χ0) is 12.3. The molecular weight excluding hydrogens is 210 g/mol. The normalized spacial score (nSPS) is 24.9. The van der Waals surface area contributed by atoms with Crippen LogP contribution in [0, 0.1) is 5.92 Å². The van der Waals surface area contributed by atoms with Crippen molar-refractivity contribution in [3.8, 4) is 0 Å². The highest BCUT2D eigenvalue weighted by Crippen LogP contribution is 2.47. The van der Waals surface area contributed by atoms with Gasteiger partial charge in [0, 0.05) is 18.4 Å². The maximum absolute atomic E-state index is 5.91. The van der Waals surface area contributed by atoms with E-state index in [0.29, 0.717) is 12.0 Å². The van der Waals surface area contributed by atoms with Gasteiger partial charge < -0.3 is 9.73 Å². The highest BCUT2D eigenvalue weighted by molar-refractivity contribution is 5.17. The van der Waals surface area contributed by atoms with E-state index in [1.54, 1.807) is 0 Å². The van der Waals surface area contributed by atoms with Gasteiger partial charge in [-0.2, -0.15) is 0 Å². The molecule has 2 nitrogen and oxygen atoms in total. The van der Waals surface area contributed by atoms with Crippen molar-refractivity contribution in [3.63, 3.8) is 0 Å². The molecule has 17 heavy (non-hydrogen) atoms. The van der Waals surface area contributed by atoms with Gasteiger partial charge in [-0.3, -0.25) is 0 Å². The van der Waals surface area contributed by atoms with Crippen LogP contribution in [-0.2, 0) is 6.42 Å². The first kappa shape index (κ1) is 12.7. The van der Waals surface area contributed by atoms with Gasteiger partial charge in [0.2, 0.25) is 0 Å². The van der Waals surface area contributed by atoms with Crippen LogP contribution >= 0.6 is 0 Å². The Balaban J connectivity index is 1.73. The summed E-state index contributed by atoms with van der Waals surface area (Å²) in [5.41, 5.74) is 0. The molecule has 1 aromatic rings. The molecule has 1 saturated carbocycles. The van der Waals surface area contributed by atoms with Gasteiger partial charge in [0.05, 0.1) is 0 Å². The lowest BCUT2D eigenvalue weighted by atomic mass is 10.1. The van der Waals surface area contributed by atoms with E-state index in [1.165, 1.54) is 18.6 Å². The van der Waals surface area contributed by atoms with Gasteiger partial charge in [0.15, 0.2) is 0 Å². The van der Waals surface area contributed by atoms with Gasteiger partial charge in [-0.05, 0) is 50.8 Å². The van der Waals surface area contributed by atoms with Crippen molar-refractivity contribution in [1.82, 2.24) is 5.32 Å². The molecule has 1 heterocycles. The number of nitrogens with one attached hydrogen (secondary N) is 1. The van der Waals surface area contributed by atoms with E-state index in [2.05, 4.69) is 38.2 Å². The maximum atomic E-state index is 5.91. The highest BCUT2D eigenvalue weighted by atomic mass is 16.3. The first-order valence-electron chi connectivity index (χ1n) is 7.02. The Bertz CT molecular complexity index is 344. The molecule has 0 spiro atoms. The van der Waals surface area contributed by atoms with Crippen LogP contribution in [0.15, 0.2) is 16.5 Å². The van der Waals surface area contributed by atoms with Crippen molar-refractivity contribution in [2.75, 3.05) is 6.54 Å². The molecule has 3 atom stereocenters. The Labute approximate surface area is 105 Å². The molecule has 0 aliphatic heterocycles. The first-order chi connectivity index (χ1) is 8.20. The summed E-state index contributed by atoms with van der Waals surface area (Å²) < 4.78 is 5.91. The lowest BCUT2D eigenvalue weighted by Gasteiger charge is -2.11. The van der Waals surface area contributed by atoms with Crippen LogP contribution in [0.2, 0.25) is 0 Å². The second-order valence-electron chi connectivity index (χ2n) is 5.52. The van der Waals surface area contributed by atoms with E-state index < -0.39 is 0 Å². The summed E-state index contributed by atoms with van der Waals surface area (Å²) in [6, 6.07) is 4.92. The Morgan fingerprint density at radius 1 is 1.47 bits per heavy atom. The molecule has 0 saturated heterocycles. The maximum Gasteiger partial charge on any atom is 0.107 e. The summed E-state index contributed by atoms with van der Waals surface area (Å²) in [6.45, 7) is 7.87. The van der Waals surface area contributed by atoms with Gasteiger partial charge in [-0.1, -0.05) is 13.8 Å².